The second kappa shape index (κ2) is 9.78. The molecular formula is C21H19ClF2N2O5S. The van der Waals surface area contributed by atoms with Gasteiger partial charge in [0.15, 0.2) is 23.7 Å². The van der Waals surface area contributed by atoms with E-state index in [-0.39, 0.29) is 29.6 Å². The molecule has 1 heterocycles. The van der Waals surface area contributed by atoms with Gasteiger partial charge in [-0.2, -0.15) is 0 Å². The second-order valence-electron chi connectivity index (χ2n) is 6.93. The van der Waals surface area contributed by atoms with Gasteiger partial charge < -0.3 is 25.2 Å². The van der Waals surface area contributed by atoms with E-state index in [0.29, 0.717) is 20.7 Å². The summed E-state index contributed by atoms with van der Waals surface area (Å²) in [6, 6.07) is 6.62. The van der Waals surface area contributed by atoms with Crippen molar-refractivity contribution in [3.8, 4) is 5.75 Å². The standard InChI is InChI=1S/C21H19ClF2N2O5S/c1-26(2)16(27)9-31-21(29)19-11(17-12(22)4-3-5-15(17)32-19)8-30-18-13(23)6-10(20(25)28)7-14(18)24/h3-7,21,29H,8-9H2,1-2H3,(H2,25,28). The Kier molecular flexibility index (Phi) is 7.29. The molecular weight excluding hydrogens is 466 g/mol. The molecule has 32 heavy (non-hydrogen) atoms. The lowest BCUT2D eigenvalue weighted by molar-refractivity contribution is -0.149. The van der Waals surface area contributed by atoms with Crippen LogP contribution in [0.25, 0.3) is 10.1 Å². The quantitative estimate of drug-likeness (QED) is 0.476. The van der Waals surface area contributed by atoms with Crippen LogP contribution in [-0.2, 0) is 16.1 Å². The fourth-order valence-corrected chi connectivity index (χ4v) is 4.38. The van der Waals surface area contributed by atoms with E-state index in [1.54, 1.807) is 32.3 Å². The summed E-state index contributed by atoms with van der Waals surface area (Å²) in [6.45, 7) is -0.751. The largest absolute Gasteiger partial charge is 0.483 e. The van der Waals surface area contributed by atoms with E-state index in [4.69, 9.17) is 26.8 Å². The molecule has 170 valence electrons. The number of primary amides is 1. The van der Waals surface area contributed by atoms with Crippen molar-refractivity contribution < 1.29 is 33.0 Å². The van der Waals surface area contributed by atoms with Gasteiger partial charge in [-0.3, -0.25) is 9.59 Å². The molecule has 0 aliphatic heterocycles. The maximum Gasteiger partial charge on any atom is 0.248 e. The smallest absolute Gasteiger partial charge is 0.248 e. The molecule has 3 rings (SSSR count). The van der Waals surface area contributed by atoms with E-state index < -0.39 is 29.6 Å². The van der Waals surface area contributed by atoms with Crippen LogP contribution in [0.2, 0.25) is 5.02 Å². The molecule has 1 unspecified atom stereocenters. The second-order valence-corrected chi connectivity index (χ2v) is 8.42. The van der Waals surface area contributed by atoms with E-state index in [9.17, 15) is 23.5 Å². The van der Waals surface area contributed by atoms with E-state index in [0.717, 1.165) is 23.5 Å². The number of hydrogen-bond donors (Lipinski definition) is 2. The van der Waals surface area contributed by atoms with Gasteiger partial charge in [-0.05, 0) is 24.3 Å². The van der Waals surface area contributed by atoms with Crippen molar-refractivity contribution in [1.82, 2.24) is 4.90 Å². The highest BCUT2D eigenvalue weighted by Crippen LogP contribution is 2.40. The van der Waals surface area contributed by atoms with E-state index >= 15 is 0 Å². The zero-order valence-corrected chi connectivity index (χ0v) is 18.6. The minimum atomic E-state index is -1.50. The number of carbonyl (C=O) groups is 2. The van der Waals surface area contributed by atoms with Crippen LogP contribution >= 0.6 is 22.9 Å². The summed E-state index contributed by atoms with van der Waals surface area (Å²) >= 11 is 7.46. The molecule has 7 nitrogen and oxygen atoms in total. The highest BCUT2D eigenvalue weighted by Gasteiger charge is 2.24. The van der Waals surface area contributed by atoms with Crippen LogP contribution < -0.4 is 10.5 Å². The number of nitrogens with zero attached hydrogens (tertiary/aromatic N) is 1. The highest BCUT2D eigenvalue weighted by atomic mass is 35.5. The van der Waals surface area contributed by atoms with Crippen molar-refractivity contribution in [2.45, 2.75) is 12.9 Å². The Morgan fingerprint density at radius 1 is 1.25 bits per heavy atom. The average molecular weight is 485 g/mol. The van der Waals surface area contributed by atoms with Gasteiger partial charge in [-0.15, -0.1) is 11.3 Å². The lowest BCUT2D eigenvalue weighted by Crippen LogP contribution is -2.27. The summed E-state index contributed by atoms with van der Waals surface area (Å²) in [7, 11) is 3.09. The van der Waals surface area contributed by atoms with Crippen LogP contribution in [0, 0.1) is 11.6 Å². The summed E-state index contributed by atoms with van der Waals surface area (Å²) in [5.74, 6) is -4.29. The van der Waals surface area contributed by atoms with Crippen molar-refractivity contribution in [2.24, 2.45) is 5.73 Å². The number of halogens is 3. The first kappa shape index (κ1) is 23.9. The molecule has 2 amide bonds. The third-order valence-corrected chi connectivity index (χ3v) is 6.07. The molecule has 0 fully saturated rings. The molecule has 1 atom stereocenters. The number of fused-ring (bicyclic) bond motifs is 1. The zero-order chi connectivity index (χ0) is 23.6. The molecule has 0 saturated carbocycles. The van der Waals surface area contributed by atoms with Gasteiger partial charge in [0.2, 0.25) is 11.8 Å². The van der Waals surface area contributed by atoms with Crippen molar-refractivity contribution in [3.63, 3.8) is 0 Å². The number of aliphatic hydroxyl groups excluding tert-OH is 1. The predicted octanol–water partition coefficient (Wildman–Crippen LogP) is 3.61. The van der Waals surface area contributed by atoms with Crippen molar-refractivity contribution >= 4 is 44.8 Å². The van der Waals surface area contributed by atoms with Gasteiger partial charge in [-0.1, -0.05) is 17.7 Å². The Morgan fingerprint density at radius 2 is 1.91 bits per heavy atom. The van der Waals surface area contributed by atoms with E-state index in [2.05, 4.69) is 0 Å². The number of benzene rings is 2. The maximum absolute atomic E-state index is 14.3. The lowest BCUT2D eigenvalue weighted by Gasteiger charge is -2.16. The summed E-state index contributed by atoms with van der Waals surface area (Å²) in [5.41, 5.74) is 5.06. The highest BCUT2D eigenvalue weighted by molar-refractivity contribution is 7.19. The van der Waals surface area contributed by atoms with Crippen molar-refractivity contribution in [1.29, 1.82) is 0 Å². The van der Waals surface area contributed by atoms with Crippen LogP contribution in [0.1, 0.15) is 27.1 Å². The Balaban J connectivity index is 1.94. The Labute approximate surface area is 190 Å². The zero-order valence-electron chi connectivity index (χ0n) is 17.0. The number of amides is 2. The first-order valence-electron chi connectivity index (χ1n) is 9.21. The van der Waals surface area contributed by atoms with Crippen molar-refractivity contribution in [2.75, 3.05) is 20.7 Å². The molecule has 0 aliphatic carbocycles. The number of likely N-dealkylation sites (N-methyl/N-ethyl adjacent to an activating group) is 1. The third kappa shape index (κ3) is 4.99. The van der Waals surface area contributed by atoms with Crippen LogP contribution in [0.15, 0.2) is 30.3 Å². The van der Waals surface area contributed by atoms with E-state index in [1.807, 2.05) is 0 Å². The molecule has 0 spiro atoms. The summed E-state index contributed by atoms with van der Waals surface area (Å²) in [6.07, 6.45) is -1.50. The number of aliphatic hydroxyl groups is 1. The molecule has 3 aromatic rings. The van der Waals surface area contributed by atoms with Crippen LogP contribution in [0.3, 0.4) is 0 Å². The van der Waals surface area contributed by atoms with Gasteiger partial charge in [0.05, 0.1) is 4.88 Å². The summed E-state index contributed by atoms with van der Waals surface area (Å²) in [5, 5.41) is 11.4. The monoisotopic (exact) mass is 484 g/mol. The number of thiophene rings is 1. The molecule has 0 bridgehead atoms. The van der Waals surface area contributed by atoms with E-state index in [1.165, 1.54) is 4.90 Å². The summed E-state index contributed by atoms with van der Waals surface area (Å²) < 4.78 is 40.0. The van der Waals surface area contributed by atoms with Gasteiger partial charge >= 0.3 is 0 Å². The number of hydrogen-bond acceptors (Lipinski definition) is 6. The normalized spacial score (nSPS) is 12.1. The van der Waals surface area contributed by atoms with Crippen LogP contribution in [0.5, 0.6) is 5.75 Å². The van der Waals surface area contributed by atoms with Gasteiger partial charge in [0.25, 0.3) is 0 Å². The fourth-order valence-electron chi connectivity index (χ4n) is 2.87. The first-order valence-corrected chi connectivity index (χ1v) is 10.4. The number of carbonyl (C=O) groups excluding carboxylic acids is 2. The van der Waals surface area contributed by atoms with Gasteiger partial charge in [-0.25, -0.2) is 8.78 Å². The molecule has 0 aliphatic rings. The minimum absolute atomic E-state index is 0.272. The number of nitrogens with two attached hydrogens (primary N) is 1. The van der Waals surface area contributed by atoms with Crippen LogP contribution in [0.4, 0.5) is 8.78 Å². The summed E-state index contributed by atoms with van der Waals surface area (Å²) in [4.78, 5) is 24.5. The number of ether oxygens (including phenoxy) is 2. The topological polar surface area (TPSA) is 102 Å². The molecule has 3 N–H and O–H groups in total. The molecule has 11 heteroatoms. The Hall–Kier alpha value is -2.79. The number of rotatable bonds is 8. The van der Waals surface area contributed by atoms with Gasteiger partial charge in [0.1, 0.15) is 13.2 Å². The van der Waals surface area contributed by atoms with Crippen molar-refractivity contribution in [3.05, 3.63) is 63.0 Å². The predicted molar refractivity (Wildman–Crippen MR) is 116 cm³/mol. The molecule has 2 aromatic carbocycles. The minimum Gasteiger partial charge on any atom is -0.483 e. The fraction of sp³-hybridized carbons (Fsp3) is 0.238. The SMILES string of the molecule is CN(C)C(=O)COC(O)c1sc2cccc(Cl)c2c1COc1c(F)cc(C(N)=O)cc1F. The van der Waals surface area contributed by atoms with Crippen LogP contribution in [-0.4, -0.2) is 42.5 Å². The average Bonchev–Trinajstić information content (AvgIpc) is 3.10. The lowest BCUT2D eigenvalue weighted by atomic mass is 10.1. The maximum atomic E-state index is 14.3. The first-order chi connectivity index (χ1) is 15.1. The Bertz CT molecular complexity index is 1160. The van der Waals surface area contributed by atoms with Gasteiger partial charge in [0, 0.05) is 40.3 Å². The Morgan fingerprint density at radius 3 is 2.50 bits per heavy atom. The molecule has 0 saturated heterocycles. The third-order valence-electron chi connectivity index (χ3n) is 4.53. The molecule has 1 aromatic heterocycles. The molecule has 0 radical (unpaired) electrons.